The zero-order valence-corrected chi connectivity index (χ0v) is 13.0. The Morgan fingerprint density at radius 3 is 2.37 bits per heavy atom. The second kappa shape index (κ2) is 4.21. The second-order valence-electron chi connectivity index (χ2n) is 8.22. The molecule has 2 heteroatoms. The summed E-state index contributed by atoms with van der Waals surface area (Å²) >= 11 is 0. The molecule has 5 atom stereocenters. The van der Waals surface area contributed by atoms with E-state index in [-0.39, 0.29) is 6.10 Å². The summed E-state index contributed by atoms with van der Waals surface area (Å²) < 4.78 is 5.55. The van der Waals surface area contributed by atoms with E-state index in [0.717, 1.165) is 31.6 Å². The van der Waals surface area contributed by atoms with Crippen LogP contribution < -0.4 is 0 Å². The van der Waals surface area contributed by atoms with Crippen LogP contribution in [0.3, 0.4) is 0 Å². The predicted molar refractivity (Wildman–Crippen MR) is 76.9 cm³/mol. The molecule has 0 heterocycles. The molecule has 0 aliphatic heterocycles. The average molecular weight is 266 g/mol. The summed E-state index contributed by atoms with van der Waals surface area (Å²) in [5, 5.41) is 11.3. The fraction of sp³-hybridized carbons (Fsp3) is 1.00. The van der Waals surface area contributed by atoms with Crippen LogP contribution in [0.2, 0.25) is 0 Å². The van der Waals surface area contributed by atoms with Gasteiger partial charge in [0.25, 0.3) is 0 Å². The standard InChI is InChI=1S/C17H30O2/c1-15(2)12-7-9-16(15,3)14(10-12)17(18)8-5-6-13(11-17)19-4/h12-14,18H,5-11H2,1-4H3/t12-,13?,14-,16+,17?/m1/s1. The van der Waals surface area contributed by atoms with Gasteiger partial charge in [-0.05, 0) is 61.2 Å². The van der Waals surface area contributed by atoms with Crippen LogP contribution in [0.25, 0.3) is 0 Å². The van der Waals surface area contributed by atoms with Gasteiger partial charge in [-0.3, -0.25) is 0 Å². The van der Waals surface area contributed by atoms with Crippen LogP contribution in [0.1, 0.15) is 65.7 Å². The molecule has 2 bridgehead atoms. The lowest BCUT2D eigenvalue weighted by Gasteiger charge is -2.49. The van der Waals surface area contributed by atoms with E-state index in [2.05, 4.69) is 20.8 Å². The number of ether oxygens (including phenoxy) is 1. The maximum absolute atomic E-state index is 11.3. The van der Waals surface area contributed by atoms with Gasteiger partial charge >= 0.3 is 0 Å². The largest absolute Gasteiger partial charge is 0.389 e. The van der Waals surface area contributed by atoms with Crippen LogP contribution >= 0.6 is 0 Å². The van der Waals surface area contributed by atoms with Crippen LogP contribution in [0.15, 0.2) is 0 Å². The molecule has 2 unspecified atom stereocenters. The number of fused-ring (bicyclic) bond motifs is 2. The second-order valence-corrected chi connectivity index (χ2v) is 8.22. The molecule has 0 aromatic carbocycles. The first-order valence-electron chi connectivity index (χ1n) is 8.09. The SMILES string of the molecule is COC1CCCC(O)([C@@H]2C[C@H]3CC[C@]2(C)C3(C)C)C1. The number of rotatable bonds is 2. The Balaban J connectivity index is 1.87. The van der Waals surface area contributed by atoms with Crippen molar-refractivity contribution in [3.8, 4) is 0 Å². The summed E-state index contributed by atoms with van der Waals surface area (Å²) in [5.41, 5.74) is 0.246. The lowest BCUT2D eigenvalue weighted by atomic mass is 9.59. The van der Waals surface area contributed by atoms with Gasteiger partial charge in [-0.2, -0.15) is 0 Å². The molecule has 0 saturated heterocycles. The highest BCUT2D eigenvalue weighted by molar-refractivity contribution is 5.15. The average Bonchev–Trinajstić information content (AvgIpc) is 2.71. The Bertz CT molecular complexity index is 364. The molecule has 0 aromatic rings. The van der Waals surface area contributed by atoms with E-state index in [9.17, 15) is 5.11 Å². The van der Waals surface area contributed by atoms with Crippen LogP contribution in [0.5, 0.6) is 0 Å². The lowest BCUT2D eigenvalue weighted by Crippen LogP contribution is -2.50. The van der Waals surface area contributed by atoms with Gasteiger partial charge in [-0.25, -0.2) is 0 Å². The fourth-order valence-electron chi connectivity index (χ4n) is 5.77. The summed E-state index contributed by atoms with van der Waals surface area (Å²) in [7, 11) is 1.79. The Morgan fingerprint density at radius 2 is 1.84 bits per heavy atom. The van der Waals surface area contributed by atoms with Crippen molar-refractivity contribution in [2.45, 2.75) is 77.4 Å². The van der Waals surface area contributed by atoms with Gasteiger partial charge in [0.15, 0.2) is 0 Å². The van der Waals surface area contributed by atoms with Gasteiger partial charge < -0.3 is 9.84 Å². The van der Waals surface area contributed by atoms with Gasteiger partial charge in [0.05, 0.1) is 11.7 Å². The van der Waals surface area contributed by atoms with Gasteiger partial charge in [-0.15, -0.1) is 0 Å². The summed E-state index contributed by atoms with van der Waals surface area (Å²) in [4.78, 5) is 0. The molecule has 19 heavy (non-hydrogen) atoms. The molecule has 3 aliphatic carbocycles. The van der Waals surface area contributed by atoms with Gasteiger partial charge in [0.2, 0.25) is 0 Å². The van der Waals surface area contributed by atoms with Crippen molar-refractivity contribution in [2.75, 3.05) is 7.11 Å². The molecular weight excluding hydrogens is 236 g/mol. The third-order valence-corrected chi connectivity index (χ3v) is 7.49. The first-order valence-corrected chi connectivity index (χ1v) is 8.09. The predicted octanol–water partition coefficient (Wildman–Crippen LogP) is 3.77. The summed E-state index contributed by atoms with van der Waals surface area (Å²) in [5.74, 6) is 1.29. The molecular formula is C17H30O2. The molecule has 0 spiro atoms. The fourth-order valence-corrected chi connectivity index (χ4v) is 5.77. The molecule has 110 valence electrons. The summed E-state index contributed by atoms with van der Waals surface area (Å²) in [6.45, 7) is 7.31. The van der Waals surface area contributed by atoms with Crippen molar-refractivity contribution in [1.82, 2.24) is 0 Å². The van der Waals surface area contributed by atoms with Crippen LogP contribution in [0.4, 0.5) is 0 Å². The first-order chi connectivity index (χ1) is 8.83. The third-order valence-electron chi connectivity index (χ3n) is 7.49. The maximum Gasteiger partial charge on any atom is 0.0706 e. The molecule has 1 N–H and O–H groups in total. The number of aliphatic hydroxyl groups is 1. The van der Waals surface area contributed by atoms with E-state index in [1.165, 1.54) is 19.3 Å². The Labute approximate surface area is 117 Å². The van der Waals surface area contributed by atoms with E-state index < -0.39 is 5.60 Å². The first kappa shape index (κ1) is 13.9. The minimum atomic E-state index is -0.472. The highest BCUT2D eigenvalue weighted by Gasteiger charge is 2.65. The minimum absolute atomic E-state index is 0.268. The van der Waals surface area contributed by atoms with E-state index in [0.29, 0.717) is 16.7 Å². The number of methoxy groups -OCH3 is 1. The maximum atomic E-state index is 11.3. The quantitative estimate of drug-likeness (QED) is 0.824. The normalized spacial score (nSPS) is 52.6. The highest BCUT2D eigenvalue weighted by atomic mass is 16.5. The van der Waals surface area contributed by atoms with E-state index in [1.54, 1.807) is 7.11 Å². The zero-order valence-electron chi connectivity index (χ0n) is 13.0. The van der Waals surface area contributed by atoms with Gasteiger partial charge in [0, 0.05) is 13.5 Å². The Hall–Kier alpha value is -0.0800. The molecule has 3 fully saturated rings. The van der Waals surface area contributed by atoms with E-state index in [4.69, 9.17) is 4.74 Å². The monoisotopic (exact) mass is 266 g/mol. The molecule has 0 aromatic heterocycles. The zero-order chi connectivity index (χ0) is 13.9. The molecule has 2 nitrogen and oxygen atoms in total. The number of hydrogen-bond donors (Lipinski definition) is 1. The molecule has 0 radical (unpaired) electrons. The highest BCUT2D eigenvalue weighted by Crippen LogP contribution is 2.71. The van der Waals surface area contributed by atoms with E-state index >= 15 is 0 Å². The van der Waals surface area contributed by atoms with Gasteiger partial charge in [-0.1, -0.05) is 20.8 Å². The van der Waals surface area contributed by atoms with Crippen molar-refractivity contribution in [2.24, 2.45) is 22.7 Å². The molecule has 3 saturated carbocycles. The lowest BCUT2D eigenvalue weighted by molar-refractivity contribution is -0.131. The smallest absolute Gasteiger partial charge is 0.0706 e. The van der Waals surface area contributed by atoms with Crippen molar-refractivity contribution in [3.63, 3.8) is 0 Å². The van der Waals surface area contributed by atoms with Gasteiger partial charge in [0.1, 0.15) is 0 Å². The third kappa shape index (κ3) is 1.75. The summed E-state index contributed by atoms with van der Waals surface area (Å²) in [6, 6.07) is 0. The van der Waals surface area contributed by atoms with Crippen molar-refractivity contribution in [1.29, 1.82) is 0 Å². The molecule has 0 amide bonds. The van der Waals surface area contributed by atoms with Crippen molar-refractivity contribution >= 4 is 0 Å². The molecule has 3 aliphatic rings. The number of hydrogen-bond acceptors (Lipinski definition) is 2. The van der Waals surface area contributed by atoms with E-state index in [1.807, 2.05) is 0 Å². The van der Waals surface area contributed by atoms with Crippen LogP contribution in [-0.2, 0) is 4.74 Å². The Morgan fingerprint density at radius 1 is 1.11 bits per heavy atom. The Kier molecular flexibility index (Phi) is 3.07. The summed E-state index contributed by atoms with van der Waals surface area (Å²) in [6.07, 6.45) is 8.24. The molecule has 3 rings (SSSR count). The topological polar surface area (TPSA) is 29.5 Å². The van der Waals surface area contributed by atoms with Crippen LogP contribution in [0, 0.1) is 22.7 Å². The van der Waals surface area contributed by atoms with Crippen molar-refractivity contribution in [3.05, 3.63) is 0 Å². The minimum Gasteiger partial charge on any atom is -0.389 e. The van der Waals surface area contributed by atoms with Crippen molar-refractivity contribution < 1.29 is 9.84 Å². The van der Waals surface area contributed by atoms with Crippen LogP contribution in [-0.4, -0.2) is 23.9 Å².